The fourth-order valence-electron chi connectivity index (χ4n) is 4.81. The molecule has 0 bridgehead atoms. The Kier molecular flexibility index (Phi) is 13.5. The van der Waals surface area contributed by atoms with Crippen LogP contribution in [-0.2, 0) is 11.3 Å². The van der Waals surface area contributed by atoms with Crippen LogP contribution < -0.4 is 11.7 Å². The fourth-order valence-corrected chi connectivity index (χ4v) is 4.81. The number of rotatable bonds is 6. The van der Waals surface area contributed by atoms with Gasteiger partial charge in [-0.3, -0.25) is 21.6 Å². The monoisotopic (exact) mass is 743 g/mol. The molecule has 280 valence electrons. The Labute approximate surface area is 276 Å². The second-order valence-electron chi connectivity index (χ2n) is 10.9. The number of halogens is 14. The summed E-state index contributed by atoms with van der Waals surface area (Å²) in [6.07, 6.45) is -20.8. The predicted molar refractivity (Wildman–Crippen MR) is 155 cm³/mol. The van der Waals surface area contributed by atoms with Gasteiger partial charge in [0.15, 0.2) is 5.78 Å². The Bertz CT molecular complexity index is 1560. The number of aromatic amines is 1. The Morgan fingerprint density at radius 3 is 1.28 bits per heavy atom. The minimum Gasteiger partial charge on any atom is -0.383 e. The average molecular weight is 744 g/mol. The highest BCUT2D eigenvalue weighted by atomic mass is 19.4. The molecule has 0 aliphatic carbocycles. The van der Waals surface area contributed by atoms with Gasteiger partial charge in [-0.15, -0.1) is 0 Å². The summed E-state index contributed by atoms with van der Waals surface area (Å²) in [5.41, 5.74) is -13.6. The van der Waals surface area contributed by atoms with E-state index < -0.39 is 53.0 Å². The van der Waals surface area contributed by atoms with Crippen LogP contribution in [0.1, 0.15) is 43.7 Å². The van der Waals surface area contributed by atoms with Crippen molar-refractivity contribution >= 4 is 5.78 Å². The summed E-state index contributed by atoms with van der Waals surface area (Å²) in [5, 5.41) is 6.24. The van der Waals surface area contributed by atoms with Crippen molar-refractivity contribution in [3.05, 3.63) is 87.7 Å². The van der Waals surface area contributed by atoms with E-state index in [1.807, 2.05) is 0 Å². The Hall–Kier alpha value is -4.20. The second kappa shape index (κ2) is 15.4. The minimum atomic E-state index is -6.19. The summed E-state index contributed by atoms with van der Waals surface area (Å²) in [5.74, 6) is 7.39. The molecule has 0 radical (unpaired) electrons. The SMILES string of the molecule is Cc1cc(C(F)(C(F)(F)F)C(F)(F)F)cc(C)c1-c1ccn[nH]1.Cc1cc(C(F)(C(F)(F)F)C(F)(F)F)cc(C)c1C(=O)C=CN(C)C.NN. The molecule has 0 saturated heterocycles. The summed E-state index contributed by atoms with van der Waals surface area (Å²) in [6, 6.07) is 3.44. The van der Waals surface area contributed by atoms with E-state index in [9.17, 15) is 66.3 Å². The Morgan fingerprint density at radius 1 is 0.660 bits per heavy atom. The molecule has 6 nitrogen and oxygen atoms in total. The van der Waals surface area contributed by atoms with Crippen molar-refractivity contribution in [2.75, 3.05) is 14.1 Å². The molecule has 0 unspecified atom stereocenters. The number of alkyl halides is 14. The van der Waals surface area contributed by atoms with Crippen LogP contribution in [0.4, 0.5) is 61.5 Å². The largest absolute Gasteiger partial charge is 0.435 e. The lowest BCUT2D eigenvalue weighted by atomic mass is 9.88. The molecule has 1 aromatic heterocycles. The number of allylic oxidation sites excluding steroid dienone is 1. The van der Waals surface area contributed by atoms with Gasteiger partial charge in [0.2, 0.25) is 0 Å². The molecule has 0 aliphatic rings. The van der Waals surface area contributed by atoms with Crippen molar-refractivity contribution in [1.82, 2.24) is 15.1 Å². The number of aryl methyl sites for hydroxylation is 4. The lowest BCUT2D eigenvalue weighted by Crippen LogP contribution is -2.50. The van der Waals surface area contributed by atoms with Gasteiger partial charge in [0, 0.05) is 54.8 Å². The third-order valence-corrected chi connectivity index (χ3v) is 6.96. The highest BCUT2D eigenvalue weighted by molar-refractivity contribution is 6.06. The summed E-state index contributed by atoms with van der Waals surface area (Å²) in [4.78, 5) is 13.6. The molecule has 0 atom stereocenters. The first-order chi connectivity index (χ1) is 22.5. The molecule has 3 rings (SSSR count). The highest BCUT2D eigenvalue weighted by Gasteiger charge is 2.74. The van der Waals surface area contributed by atoms with Gasteiger partial charge in [0.25, 0.3) is 0 Å². The topological polar surface area (TPSA) is 101 Å². The molecule has 20 heteroatoms. The van der Waals surface area contributed by atoms with Gasteiger partial charge < -0.3 is 4.90 Å². The zero-order valence-electron chi connectivity index (χ0n) is 26.9. The second-order valence-corrected chi connectivity index (χ2v) is 10.9. The van der Waals surface area contributed by atoms with Gasteiger partial charge >= 0.3 is 36.0 Å². The quantitative estimate of drug-likeness (QED) is 0.0772. The molecule has 3 aromatic rings. The molecule has 0 spiro atoms. The standard InChI is InChI=1S/C16H16F7NO.C14H11F7N2.H4N2/c1-9-7-11(14(17,15(18,19)20)16(21,22)23)8-10(2)13(9)12(25)5-6-24(3)4;1-7-5-9(12(15,13(16,17)18)14(19,20)21)6-8(2)11(7)10-3-4-22-23-10;1-2/h5-8H,1-4H3;3-6H,1-2H3,(H,22,23);1-2H2. The van der Waals surface area contributed by atoms with Gasteiger partial charge in [-0.2, -0.15) is 57.8 Å². The molecule has 5 N–H and O–H groups in total. The molecule has 0 fully saturated rings. The smallest absolute Gasteiger partial charge is 0.383 e. The fraction of sp³-hybridized carbons (Fsp3) is 0.400. The summed E-state index contributed by atoms with van der Waals surface area (Å²) in [7, 11) is 3.24. The number of hydrogen-bond acceptors (Lipinski definition) is 5. The number of H-pyrrole nitrogens is 1. The van der Waals surface area contributed by atoms with E-state index in [4.69, 9.17) is 0 Å². The van der Waals surface area contributed by atoms with Crippen LogP contribution in [0.3, 0.4) is 0 Å². The number of hydrogen-bond donors (Lipinski definition) is 3. The van der Waals surface area contributed by atoms with Gasteiger partial charge in [-0.25, -0.2) is 8.78 Å². The van der Waals surface area contributed by atoms with Crippen LogP contribution in [0, 0.1) is 27.7 Å². The minimum absolute atomic E-state index is 0.0692. The maximum absolute atomic E-state index is 14.1. The van der Waals surface area contributed by atoms with E-state index in [2.05, 4.69) is 21.9 Å². The molecular formula is C30H31F14N5O. The maximum atomic E-state index is 14.1. The number of carbonyl (C=O) groups excluding carboxylic acids is 1. The number of carbonyl (C=O) groups is 1. The number of benzene rings is 2. The van der Waals surface area contributed by atoms with Crippen LogP contribution in [0.5, 0.6) is 0 Å². The van der Waals surface area contributed by atoms with Crippen LogP contribution in [0.2, 0.25) is 0 Å². The number of aromatic nitrogens is 2. The van der Waals surface area contributed by atoms with Crippen molar-refractivity contribution in [1.29, 1.82) is 0 Å². The third kappa shape index (κ3) is 8.74. The van der Waals surface area contributed by atoms with Crippen LogP contribution >= 0.6 is 0 Å². The molecule has 2 aromatic carbocycles. The summed E-state index contributed by atoms with van der Waals surface area (Å²) in [6.45, 7) is 4.92. The number of hydrazine groups is 1. The average Bonchev–Trinajstić information content (AvgIpc) is 3.47. The van der Waals surface area contributed by atoms with E-state index in [-0.39, 0.29) is 27.8 Å². The number of nitrogens with two attached hydrogens (primary N) is 2. The normalized spacial score (nSPS) is 13.0. The molecule has 1 heterocycles. The van der Waals surface area contributed by atoms with Gasteiger partial charge in [0.05, 0.1) is 5.69 Å². The zero-order valence-corrected chi connectivity index (χ0v) is 26.9. The van der Waals surface area contributed by atoms with Crippen LogP contribution in [-0.4, -0.2) is 59.7 Å². The van der Waals surface area contributed by atoms with Gasteiger partial charge in [-0.05, 0) is 56.0 Å². The zero-order chi connectivity index (χ0) is 39.4. The maximum Gasteiger partial charge on any atom is 0.435 e. The number of ketones is 1. The molecule has 0 amide bonds. The first-order valence-electron chi connectivity index (χ1n) is 13.6. The Balaban J connectivity index is 0.000000477. The predicted octanol–water partition coefficient (Wildman–Crippen LogP) is 8.65. The number of nitrogens with zero attached hydrogens (tertiary/aromatic N) is 2. The first kappa shape index (κ1) is 43.8. The molecular weight excluding hydrogens is 712 g/mol. The summed E-state index contributed by atoms with van der Waals surface area (Å²) >= 11 is 0. The van der Waals surface area contributed by atoms with E-state index >= 15 is 0 Å². The first-order valence-corrected chi connectivity index (χ1v) is 13.6. The third-order valence-electron chi connectivity index (χ3n) is 6.96. The van der Waals surface area contributed by atoms with Crippen molar-refractivity contribution in [3.63, 3.8) is 0 Å². The van der Waals surface area contributed by atoms with Gasteiger partial charge in [-0.1, -0.05) is 24.3 Å². The van der Waals surface area contributed by atoms with Crippen molar-refractivity contribution in [2.24, 2.45) is 11.7 Å². The lowest BCUT2D eigenvalue weighted by molar-refractivity contribution is -0.349. The van der Waals surface area contributed by atoms with Crippen LogP contribution in [0.15, 0.2) is 48.8 Å². The van der Waals surface area contributed by atoms with E-state index in [1.54, 1.807) is 14.1 Å². The summed E-state index contributed by atoms with van der Waals surface area (Å²) < 4.78 is 182. The Morgan fingerprint density at radius 2 is 1.00 bits per heavy atom. The van der Waals surface area contributed by atoms with E-state index in [1.165, 1.54) is 37.2 Å². The number of nitrogens with one attached hydrogen (secondary N) is 1. The van der Waals surface area contributed by atoms with Gasteiger partial charge in [0.1, 0.15) is 0 Å². The highest BCUT2D eigenvalue weighted by Crippen LogP contribution is 2.55. The molecule has 0 saturated carbocycles. The molecule has 50 heavy (non-hydrogen) atoms. The lowest BCUT2D eigenvalue weighted by Gasteiger charge is -2.31. The van der Waals surface area contributed by atoms with Crippen LogP contribution in [0.25, 0.3) is 11.3 Å². The van der Waals surface area contributed by atoms with Crippen molar-refractivity contribution < 1.29 is 66.3 Å². The molecule has 0 aliphatic heterocycles. The van der Waals surface area contributed by atoms with E-state index in [0.29, 0.717) is 35.5 Å². The van der Waals surface area contributed by atoms with E-state index in [0.717, 1.165) is 19.9 Å². The van der Waals surface area contributed by atoms with Crippen molar-refractivity contribution in [3.8, 4) is 11.3 Å². The van der Waals surface area contributed by atoms with Crippen molar-refractivity contribution in [2.45, 2.75) is 63.7 Å².